The minimum atomic E-state index is 0.819. The molecule has 0 radical (unpaired) electrons. The number of benzene rings is 1. The van der Waals surface area contributed by atoms with Gasteiger partial charge >= 0.3 is 0 Å². The van der Waals surface area contributed by atoms with E-state index < -0.39 is 0 Å². The van der Waals surface area contributed by atoms with Gasteiger partial charge in [-0.3, -0.25) is 0 Å². The molecule has 0 spiro atoms. The number of piperidine rings is 1. The first kappa shape index (κ1) is 14.4. The molecule has 1 fully saturated rings. The van der Waals surface area contributed by atoms with Gasteiger partial charge in [0.2, 0.25) is 0 Å². The minimum Gasteiger partial charge on any atom is -0.374 e. The first-order valence-electron chi connectivity index (χ1n) is 7.66. The lowest BCUT2D eigenvalue weighted by atomic mass is 9.85. The molecule has 1 aromatic rings. The van der Waals surface area contributed by atoms with Crippen molar-refractivity contribution in [3.63, 3.8) is 0 Å². The second-order valence-electron chi connectivity index (χ2n) is 6.08. The molecule has 2 unspecified atom stereocenters. The summed E-state index contributed by atoms with van der Waals surface area (Å²) < 4.78 is 0. The lowest BCUT2D eigenvalue weighted by Gasteiger charge is -2.30. The Morgan fingerprint density at radius 2 is 2.16 bits per heavy atom. The highest BCUT2D eigenvalue weighted by Crippen LogP contribution is 2.24. The van der Waals surface area contributed by atoms with Crippen molar-refractivity contribution in [3.05, 3.63) is 29.8 Å². The summed E-state index contributed by atoms with van der Waals surface area (Å²) in [5.74, 6) is 1.69. The third-order valence-corrected chi connectivity index (χ3v) is 4.59. The third-order valence-electron chi connectivity index (χ3n) is 4.59. The quantitative estimate of drug-likeness (QED) is 0.872. The normalized spacial score (nSPS) is 21.1. The summed E-state index contributed by atoms with van der Waals surface area (Å²) >= 11 is 0. The molecule has 0 bridgehead atoms. The van der Waals surface area contributed by atoms with E-state index in [4.69, 9.17) is 0 Å². The first-order valence-corrected chi connectivity index (χ1v) is 7.66. The number of rotatable bonds is 5. The van der Waals surface area contributed by atoms with Gasteiger partial charge in [-0.05, 0) is 62.7 Å². The average Bonchev–Trinajstić information content (AvgIpc) is 2.46. The van der Waals surface area contributed by atoms with Crippen molar-refractivity contribution >= 4 is 5.69 Å². The predicted octanol–water partition coefficient (Wildman–Crippen LogP) is 3.46. The fraction of sp³-hybridized carbons (Fsp3) is 0.647. The van der Waals surface area contributed by atoms with Crippen molar-refractivity contribution in [1.82, 2.24) is 5.32 Å². The second-order valence-corrected chi connectivity index (χ2v) is 6.08. The van der Waals surface area contributed by atoms with Gasteiger partial charge in [0, 0.05) is 19.3 Å². The van der Waals surface area contributed by atoms with E-state index in [1.165, 1.54) is 43.6 Å². The lowest BCUT2D eigenvalue weighted by molar-refractivity contribution is 0.270. The molecule has 1 saturated heterocycles. The summed E-state index contributed by atoms with van der Waals surface area (Å²) in [7, 11) is 2.22. The summed E-state index contributed by atoms with van der Waals surface area (Å²) in [6.07, 6.45) is 4.04. The minimum absolute atomic E-state index is 0.819. The summed E-state index contributed by atoms with van der Waals surface area (Å²) in [4.78, 5) is 2.40. The van der Waals surface area contributed by atoms with Crippen LogP contribution in [-0.2, 0) is 0 Å². The molecule has 2 nitrogen and oxygen atoms in total. The number of anilines is 1. The van der Waals surface area contributed by atoms with Crippen LogP contribution in [0.15, 0.2) is 24.3 Å². The van der Waals surface area contributed by atoms with Crippen LogP contribution in [0.2, 0.25) is 0 Å². The van der Waals surface area contributed by atoms with Gasteiger partial charge in [0.05, 0.1) is 0 Å². The number of hydrogen-bond acceptors (Lipinski definition) is 2. The highest BCUT2D eigenvalue weighted by molar-refractivity contribution is 5.52. The van der Waals surface area contributed by atoms with E-state index in [9.17, 15) is 0 Å². The largest absolute Gasteiger partial charge is 0.374 e. The van der Waals surface area contributed by atoms with Gasteiger partial charge in [-0.1, -0.05) is 25.1 Å². The zero-order valence-electron chi connectivity index (χ0n) is 12.7. The molecular weight excluding hydrogens is 232 g/mol. The van der Waals surface area contributed by atoms with Crippen LogP contribution in [0.3, 0.4) is 0 Å². The van der Waals surface area contributed by atoms with E-state index >= 15 is 0 Å². The maximum atomic E-state index is 3.53. The van der Waals surface area contributed by atoms with E-state index in [0.29, 0.717) is 0 Å². The molecular formula is C17H28N2. The number of nitrogens with one attached hydrogen (secondary N) is 1. The van der Waals surface area contributed by atoms with E-state index in [1.807, 2.05) is 0 Å². The molecule has 1 heterocycles. The Kier molecular flexibility index (Phi) is 5.26. The van der Waals surface area contributed by atoms with Gasteiger partial charge in [-0.15, -0.1) is 0 Å². The fourth-order valence-corrected chi connectivity index (χ4v) is 3.11. The van der Waals surface area contributed by atoms with Crippen LogP contribution >= 0.6 is 0 Å². The molecule has 1 N–H and O–H groups in total. The Labute approximate surface area is 118 Å². The van der Waals surface area contributed by atoms with Gasteiger partial charge < -0.3 is 10.2 Å². The zero-order chi connectivity index (χ0) is 13.7. The number of nitrogens with zero attached hydrogens (tertiary/aromatic N) is 1. The summed E-state index contributed by atoms with van der Waals surface area (Å²) in [6, 6.07) is 8.67. The molecule has 106 valence electrons. The average molecular weight is 260 g/mol. The van der Waals surface area contributed by atoms with Crippen LogP contribution in [0.25, 0.3) is 0 Å². The van der Waals surface area contributed by atoms with Crippen molar-refractivity contribution in [2.75, 3.05) is 31.6 Å². The van der Waals surface area contributed by atoms with E-state index in [1.54, 1.807) is 0 Å². The third kappa shape index (κ3) is 3.97. The first-order chi connectivity index (χ1) is 9.18. The topological polar surface area (TPSA) is 15.3 Å². The van der Waals surface area contributed by atoms with E-state index in [0.717, 1.165) is 18.4 Å². The van der Waals surface area contributed by atoms with E-state index in [-0.39, 0.29) is 0 Å². The summed E-state index contributed by atoms with van der Waals surface area (Å²) in [6.45, 7) is 8.20. The van der Waals surface area contributed by atoms with Crippen LogP contribution in [-0.4, -0.2) is 26.7 Å². The summed E-state index contributed by atoms with van der Waals surface area (Å²) in [5, 5.41) is 3.53. The molecule has 1 aliphatic heterocycles. The number of para-hydroxylation sites is 1. The molecule has 0 aromatic heterocycles. The fourth-order valence-electron chi connectivity index (χ4n) is 3.11. The van der Waals surface area contributed by atoms with Gasteiger partial charge in [0.15, 0.2) is 0 Å². The van der Waals surface area contributed by atoms with Gasteiger partial charge in [0.25, 0.3) is 0 Å². The Balaban J connectivity index is 1.82. The SMILES string of the molecule is Cc1ccccc1N(C)CCC(C)C1CCCNC1. The molecule has 0 amide bonds. The van der Waals surface area contributed by atoms with Crippen molar-refractivity contribution in [2.45, 2.75) is 33.1 Å². The van der Waals surface area contributed by atoms with Crippen LogP contribution in [0.4, 0.5) is 5.69 Å². The van der Waals surface area contributed by atoms with Crippen molar-refractivity contribution < 1.29 is 0 Å². The monoisotopic (exact) mass is 260 g/mol. The van der Waals surface area contributed by atoms with Gasteiger partial charge in [-0.2, -0.15) is 0 Å². The Bertz CT molecular complexity index is 383. The highest BCUT2D eigenvalue weighted by Gasteiger charge is 2.20. The zero-order valence-corrected chi connectivity index (χ0v) is 12.7. The Hall–Kier alpha value is -1.02. The molecule has 2 heteroatoms. The maximum Gasteiger partial charge on any atom is 0.0393 e. The standard InChI is InChI=1S/C17H28N2/c1-14(16-8-6-11-18-13-16)10-12-19(3)17-9-5-4-7-15(17)2/h4-5,7,9,14,16,18H,6,8,10-13H2,1-3H3. The van der Waals surface area contributed by atoms with Gasteiger partial charge in [-0.25, -0.2) is 0 Å². The molecule has 1 aromatic carbocycles. The number of hydrogen-bond donors (Lipinski definition) is 1. The second kappa shape index (κ2) is 6.95. The van der Waals surface area contributed by atoms with Crippen molar-refractivity contribution in [1.29, 1.82) is 0 Å². The van der Waals surface area contributed by atoms with Crippen LogP contribution < -0.4 is 10.2 Å². The van der Waals surface area contributed by atoms with Crippen molar-refractivity contribution in [2.24, 2.45) is 11.8 Å². The smallest absolute Gasteiger partial charge is 0.0393 e. The molecule has 0 saturated carbocycles. The summed E-state index contributed by atoms with van der Waals surface area (Å²) in [5.41, 5.74) is 2.74. The van der Waals surface area contributed by atoms with Crippen LogP contribution in [0.1, 0.15) is 31.7 Å². The Morgan fingerprint density at radius 3 is 2.84 bits per heavy atom. The predicted molar refractivity (Wildman–Crippen MR) is 83.8 cm³/mol. The van der Waals surface area contributed by atoms with E-state index in [2.05, 4.69) is 55.4 Å². The van der Waals surface area contributed by atoms with Gasteiger partial charge in [0.1, 0.15) is 0 Å². The van der Waals surface area contributed by atoms with Crippen LogP contribution in [0.5, 0.6) is 0 Å². The lowest BCUT2D eigenvalue weighted by Crippen LogP contribution is -2.34. The molecule has 1 aliphatic rings. The number of aryl methyl sites for hydroxylation is 1. The highest BCUT2D eigenvalue weighted by atomic mass is 15.1. The maximum absolute atomic E-state index is 3.53. The van der Waals surface area contributed by atoms with Crippen molar-refractivity contribution in [3.8, 4) is 0 Å². The molecule has 19 heavy (non-hydrogen) atoms. The molecule has 2 atom stereocenters. The Morgan fingerprint density at radius 1 is 1.37 bits per heavy atom. The molecule has 2 rings (SSSR count). The molecule has 0 aliphatic carbocycles. The van der Waals surface area contributed by atoms with Crippen LogP contribution in [0, 0.1) is 18.8 Å².